The van der Waals surface area contributed by atoms with Gasteiger partial charge < -0.3 is 5.32 Å². The molecular weight excluding hydrogens is 234 g/mol. The van der Waals surface area contributed by atoms with Crippen LogP contribution in [-0.4, -0.2) is 38.5 Å². The summed E-state index contributed by atoms with van der Waals surface area (Å²) in [5, 5.41) is 16.5. The van der Waals surface area contributed by atoms with E-state index in [2.05, 4.69) is 34.7 Å². The SMILES string of the molecule is CCNC(C)CSc1nnnn1C1CCCC1. The summed E-state index contributed by atoms with van der Waals surface area (Å²) in [5.41, 5.74) is 0. The van der Waals surface area contributed by atoms with Gasteiger partial charge in [0.05, 0.1) is 6.04 Å². The van der Waals surface area contributed by atoms with Gasteiger partial charge >= 0.3 is 0 Å². The molecule has 1 fully saturated rings. The molecule has 1 aliphatic carbocycles. The Labute approximate surface area is 107 Å². The third kappa shape index (κ3) is 3.42. The molecule has 1 heterocycles. The fraction of sp³-hybridized carbons (Fsp3) is 0.909. The molecule has 6 heteroatoms. The van der Waals surface area contributed by atoms with Gasteiger partial charge in [-0.1, -0.05) is 31.5 Å². The van der Waals surface area contributed by atoms with Crippen LogP contribution in [0.15, 0.2) is 5.16 Å². The highest BCUT2D eigenvalue weighted by Gasteiger charge is 2.21. The van der Waals surface area contributed by atoms with Crippen molar-refractivity contribution >= 4 is 11.8 Å². The van der Waals surface area contributed by atoms with Gasteiger partial charge in [0.1, 0.15) is 0 Å². The Morgan fingerprint density at radius 1 is 1.47 bits per heavy atom. The van der Waals surface area contributed by atoms with Crippen molar-refractivity contribution < 1.29 is 0 Å². The zero-order chi connectivity index (χ0) is 12.1. The quantitative estimate of drug-likeness (QED) is 0.787. The third-order valence-electron chi connectivity index (χ3n) is 3.15. The largest absolute Gasteiger partial charge is 0.314 e. The van der Waals surface area contributed by atoms with E-state index in [1.165, 1.54) is 25.7 Å². The normalized spacial score (nSPS) is 18.7. The molecule has 0 saturated heterocycles. The van der Waals surface area contributed by atoms with Crippen LogP contribution in [0.4, 0.5) is 0 Å². The molecule has 2 rings (SSSR count). The van der Waals surface area contributed by atoms with Gasteiger partial charge in [-0.25, -0.2) is 4.68 Å². The third-order valence-corrected chi connectivity index (χ3v) is 4.34. The highest BCUT2D eigenvalue weighted by molar-refractivity contribution is 7.99. The van der Waals surface area contributed by atoms with Crippen LogP contribution >= 0.6 is 11.8 Å². The average molecular weight is 255 g/mol. The Balaban J connectivity index is 1.90. The lowest BCUT2D eigenvalue weighted by molar-refractivity contribution is 0.423. The second-order valence-electron chi connectivity index (χ2n) is 4.61. The lowest BCUT2D eigenvalue weighted by Crippen LogP contribution is -2.27. The van der Waals surface area contributed by atoms with Crippen molar-refractivity contribution in [3.05, 3.63) is 0 Å². The van der Waals surface area contributed by atoms with Crippen LogP contribution in [0.5, 0.6) is 0 Å². The zero-order valence-electron chi connectivity index (χ0n) is 10.6. The maximum atomic E-state index is 4.14. The Morgan fingerprint density at radius 2 is 2.24 bits per heavy atom. The van der Waals surface area contributed by atoms with E-state index in [0.29, 0.717) is 12.1 Å². The molecule has 1 saturated carbocycles. The van der Waals surface area contributed by atoms with Crippen LogP contribution in [0.1, 0.15) is 45.6 Å². The molecule has 17 heavy (non-hydrogen) atoms. The first-order chi connectivity index (χ1) is 8.31. The second kappa shape index (κ2) is 6.35. The van der Waals surface area contributed by atoms with Crippen LogP contribution in [0, 0.1) is 0 Å². The first kappa shape index (κ1) is 12.8. The number of thioether (sulfide) groups is 1. The van der Waals surface area contributed by atoms with Crippen molar-refractivity contribution in [2.45, 2.75) is 56.8 Å². The van der Waals surface area contributed by atoms with Crippen molar-refractivity contribution in [3.63, 3.8) is 0 Å². The molecule has 0 aromatic carbocycles. The summed E-state index contributed by atoms with van der Waals surface area (Å²) in [6.07, 6.45) is 5.06. The summed E-state index contributed by atoms with van der Waals surface area (Å²) in [4.78, 5) is 0. The van der Waals surface area contributed by atoms with Gasteiger partial charge in [-0.05, 0) is 36.7 Å². The van der Waals surface area contributed by atoms with Crippen molar-refractivity contribution in [2.75, 3.05) is 12.3 Å². The number of nitrogens with one attached hydrogen (secondary N) is 1. The zero-order valence-corrected chi connectivity index (χ0v) is 11.4. The van der Waals surface area contributed by atoms with Crippen molar-refractivity contribution in [1.29, 1.82) is 0 Å². The van der Waals surface area contributed by atoms with Crippen molar-refractivity contribution in [1.82, 2.24) is 25.5 Å². The van der Waals surface area contributed by atoms with E-state index in [0.717, 1.165) is 17.5 Å². The second-order valence-corrected chi connectivity index (χ2v) is 5.60. The van der Waals surface area contributed by atoms with Crippen molar-refractivity contribution in [2.24, 2.45) is 0 Å². The number of nitrogens with zero attached hydrogens (tertiary/aromatic N) is 4. The maximum absolute atomic E-state index is 4.14. The topological polar surface area (TPSA) is 55.6 Å². The first-order valence-corrected chi connectivity index (χ1v) is 7.44. The fourth-order valence-corrected chi connectivity index (χ4v) is 3.19. The van der Waals surface area contributed by atoms with Crippen LogP contribution in [0.25, 0.3) is 0 Å². The number of aromatic nitrogens is 4. The number of rotatable bonds is 6. The summed E-state index contributed by atoms with van der Waals surface area (Å²) in [5.74, 6) is 1.01. The predicted molar refractivity (Wildman–Crippen MR) is 69.2 cm³/mol. The minimum Gasteiger partial charge on any atom is -0.314 e. The Bertz CT molecular complexity index is 334. The Morgan fingerprint density at radius 3 is 2.94 bits per heavy atom. The molecule has 1 atom stereocenters. The molecule has 5 nitrogen and oxygen atoms in total. The van der Waals surface area contributed by atoms with E-state index in [4.69, 9.17) is 0 Å². The number of hydrogen-bond donors (Lipinski definition) is 1. The summed E-state index contributed by atoms with van der Waals surface area (Å²) < 4.78 is 2.02. The molecule has 0 aliphatic heterocycles. The molecule has 1 unspecified atom stereocenters. The van der Waals surface area contributed by atoms with Crippen LogP contribution in [-0.2, 0) is 0 Å². The van der Waals surface area contributed by atoms with E-state index < -0.39 is 0 Å². The summed E-state index contributed by atoms with van der Waals surface area (Å²) in [6.45, 7) is 5.33. The molecule has 1 aromatic heterocycles. The molecule has 96 valence electrons. The number of hydrogen-bond acceptors (Lipinski definition) is 5. The highest BCUT2D eigenvalue weighted by Crippen LogP contribution is 2.31. The van der Waals surface area contributed by atoms with Gasteiger partial charge in [-0.3, -0.25) is 0 Å². The van der Waals surface area contributed by atoms with E-state index in [1.807, 2.05) is 4.68 Å². The lowest BCUT2D eigenvalue weighted by atomic mass is 10.3. The molecule has 0 spiro atoms. The van der Waals surface area contributed by atoms with Gasteiger partial charge in [0, 0.05) is 11.8 Å². The standard InChI is InChI=1S/C11H21N5S/c1-3-12-9(2)8-17-11-13-14-15-16(11)10-6-4-5-7-10/h9-10,12H,3-8H2,1-2H3. The van der Waals surface area contributed by atoms with Crippen LogP contribution in [0.3, 0.4) is 0 Å². The molecule has 0 radical (unpaired) electrons. The maximum Gasteiger partial charge on any atom is 0.209 e. The molecule has 1 aliphatic rings. The van der Waals surface area contributed by atoms with Gasteiger partial charge in [-0.2, -0.15) is 0 Å². The van der Waals surface area contributed by atoms with E-state index in [1.54, 1.807) is 11.8 Å². The van der Waals surface area contributed by atoms with Crippen molar-refractivity contribution in [3.8, 4) is 0 Å². The monoisotopic (exact) mass is 255 g/mol. The van der Waals surface area contributed by atoms with E-state index in [9.17, 15) is 0 Å². The fourth-order valence-electron chi connectivity index (χ4n) is 2.27. The molecule has 1 aromatic rings. The minimum absolute atomic E-state index is 0.499. The highest BCUT2D eigenvalue weighted by atomic mass is 32.2. The first-order valence-electron chi connectivity index (χ1n) is 6.45. The average Bonchev–Trinajstić information content (AvgIpc) is 2.97. The van der Waals surface area contributed by atoms with Gasteiger partial charge in [-0.15, -0.1) is 5.10 Å². The molecular formula is C11H21N5S. The van der Waals surface area contributed by atoms with Crippen LogP contribution in [0.2, 0.25) is 0 Å². The summed E-state index contributed by atoms with van der Waals surface area (Å²) in [6, 6.07) is 1.03. The smallest absolute Gasteiger partial charge is 0.209 e. The molecule has 0 amide bonds. The summed E-state index contributed by atoms with van der Waals surface area (Å²) in [7, 11) is 0. The predicted octanol–water partition coefficient (Wildman–Crippen LogP) is 1.88. The van der Waals surface area contributed by atoms with Gasteiger partial charge in [0.2, 0.25) is 5.16 Å². The Kier molecular flexibility index (Phi) is 4.79. The van der Waals surface area contributed by atoms with Gasteiger partial charge in [0.15, 0.2) is 0 Å². The van der Waals surface area contributed by atoms with E-state index >= 15 is 0 Å². The van der Waals surface area contributed by atoms with E-state index in [-0.39, 0.29) is 0 Å². The summed E-state index contributed by atoms with van der Waals surface area (Å²) >= 11 is 1.75. The van der Waals surface area contributed by atoms with Gasteiger partial charge in [0.25, 0.3) is 0 Å². The molecule has 1 N–H and O–H groups in total. The minimum atomic E-state index is 0.499. The number of tetrazole rings is 1. The molecule has 0 bridgehead atoms. The van der Waals surface area contributed by atoms with Crippen LogP contribution < -0.4 is 5.32 Å². The lowest BCUT2D eigenvalue weighted by Gasteiger charge is -2.13. The Hall–Kier alpha value is -0.620.